The quantitative estimate of drug-likeness (QED) is 0.506. The first-order chi connectivity index (χ1) is 10.4. The summed E-state index contributed by atoms with van der Waals surface area (Å²) < 4.78 is 0. The number of rotatable bonds is 5. The molecule has 2 aromatic carbocycles. The summed E-state index contributed by atoms with van der Waals surface area (Å²) in [5, 5.41) is 0. The molecule has 0 aliphatic carbocycles. The number of hydrogen-bond donors (Lipinski definition) is 0. The van der Waals surface area contributed by atoms with E-state index in [0.717, 1.165) is 11.1 Å². The summed E-state index contributed by atoms with van der Waals surface area (Å²) in [5.41, 5.74) is 3.37. The molecule has 0 saturated heterocycles. The summed E-state index contributed by atoms with van der Waals surface area (Å²) in [7, 11) is 0. The fourth-order valence-corrected chi connectivity index (χ4v) is 3.03. The van der Waals surface area contributed by atoms with E-state index in [1.54, 1.807) is 24.3 Å². The van der Waals surface area contributed by atoms with Crippen LogP contribution in [0.4, 0.5) is 0 Å². The first-order valence-corrected chi connectivity index (χ1v) is 8.73. The molecule has 0 aliphatic rings. The van der Waals surface area contributed by atoms with Crippen LogP contribution in [0, 0.1) is 13.8 Å². The van der Waals surface area contributed by atoms with Crippen LogP contribution in [0.5, 0.6) is 0 Å². The summed E-state index contributed by atoms with van der Waals surface area (Å²) >= 11 is 6.72. The average molecular weight is 424 g/mol. The van der Waals surface area contributed by atoms with Crippen molar-refractivity contribution in [2.75, 3.05) is 0 Å². The smallest absolute Gasteiger partial charge is 0.178 e. The molecule has 0 fully saturated rings. The third-order valence-corrected chi connectivity index (χ3v) is 6.03. The minimum Gasteiger partial charge on any atom is -0.293 e. The molecule has 2 rings (SSSR count). The van der Waals surface area contributed by atoms with E-state index < -0.39 is 9.65 Å². The number of halogens is 2. The standard InChI is InChI=1S/C18H16Br2O2/c1-11-3-7-13(8-4-11)17(21)15(19)16(20)18(22)14-9-5-12(2)6-10-14/h3-10,15-16H,1-2H3. The van der Waals surface area contributed by atoms with E-state index in [-0.39, 0.29) is 11.6 Å². The van der Waals surface area contributed by atoms with Crippen LogP contribution in [-0.4, -0.2) is 21.2 Å². The first-order valence-electron chi connectivity index (χ1n) is 6.90. The summed E-state index contributed by atoms with van der Waals surface area (Å²) in [5.74, 6) is -0.218. The minimum absolute atomic E-state index is 0.109. The maximum absolute atomic E-state index is 12.5. The summed E-state index contributed by atoms with van der Waals surface area (Å²) in [6.45, 7) is 3.93. The second-order valence-electron chi connectivity index (χ2n) is 5.26. The zero-order valence-corrected chi connectivity index (χ0v) is 15.5. The van der Waals surface area contributed by atoms with Gasteiger partial charge in [0.05, 0.1) is 9.65 Å². The number of alkyl halides is 2. The van der Waals surface area contributed by atoms with Gasteiger partial charge in [-0.25, -0.2) is 0 Å². The topological polar surface area (TPSA) is 34.1 Å². The molecule has 2 unspecified atom stereocenters. The van der Waals surface area contributed by atoms with Crippen molar-refractivity contribution in [1.29, 1.82) is 0 Å². The van der Waals surface area contributed by atoms with Gasteiger partial charge in [-0.05, 0) is 13.8 Å². The highest BCUT2D eigenvalue weighted by Gasteiger charge is 2.30. The maximum Gasteiger partial charge on any atom is 0.178 e. The lowest BCUT2D eigenvalue weighted by Crippen LogP contribution is -2.31. The molecular formula is C18H16Br2O2. The largest absolute Gasteiger partial charge is 0.293 e. The first kappa shape index (κ1) is 17.1. The lowest BCUT2D eigenvalue weighted by molar-refractivity contribution is 0.0934. The molecule has 2 atom stereocenters. The van der Waals surface area contributed by atoms with Crippen molar-refractivity contribution in [3.8, 4) is 0 Å². The summed E-state index contributed by atoms with van der Waals surface area (Å²) in [6.07, 6.45) is 0. The number of Topliss-reactive ketones (excluding diaryl/α,β-unsaturated/α-hetero) is 2. The Labute approximate surface area is 147 Å². The van der Waals surface area contributed by atoms with Gasteiger partial charge in [-0.1, -0.05) is 91.5 Å². The third kappa shape index (κ3) is 3.93. The Balaban J connectivity index is 2.15. The molecule has 0 radical (unpaired) electrons. The Hall–Kier alpha value is -1.26. The number of hydrogen-bond acceptors (Lipinski definition) is 2. The van der Waals surface area contributed by atoms with E-state index in [2.05, 4.69) is 31.9 Å². The summed E-state index contributed by atoms with van der Waals surface area (Å²) in [6, 6.07) is 14.7. The van der Waals surface area contributed by atoms with Gasteiger partial charge >= 0.3 is 0 Å². The van der Waals surface area contributed by atoms with E-state index >= 15 is 0 Å². The Morgan fingerprint density at radius 2 is 0.955 bits per heavy atom. The van der Waals surface area contributed by atoms with Crippen molar-refractivity contribution in [2.24, 2.45) is 0 Å². The average Bonchev–Trinajstić information content (AvgIpc) is 2.53. The van der Waals surface area contributed by atoms with E-state index in [9.17, 15) is 9.59 Å². The van der Waals surface area contributed by atoms with Crippen LogP contribution in [0.1, 0.15) is 31.8 Å². The van der Waals surface area contributed by atoms with Crippen LogP contribution in [0.25, 0.3) is 0 Å². The highest BCUT2D eigenvalue weighted by molar-refractivity contribution is 9.12. The molecule has 0 N–H and O–H groups in total. The molecule has 0 bridgehead atoms. The molecule has 22 heavy (non-hydrogen) atoms. The number of carbonyl (C=O) groups is 2. The SMILES string of the molecule is Cc1ccc(C(=O)C(Br)C(Br)C(=O)c2ccc(C)cc2)cc1. The lowest BCUT2D eigenvalue weighted by Gasteiger charge is -2.15. The van der Waals surface area contributed by atoms with Crippen molar-refractivity contribution < 1.29 is 9.59 Å². The van der Waals surface area contributed by atoms with Gasteiger partial charge in [0.25, 0.3) is 0 Å². The minimum atomic E-state index is -0.607. The van der Waals surface area contributed by atoms with Gasteiger partial charge < -0.3 is 0 Å². The van der Waals surface area contributed by atoms with Crippen molar-refractivity contribution in [3.05, 3.63) is 70.8 Å². The molecule has 4 heteroatoms. The van der Waals surface area contributed by atoms with Gasteiger partial charge in [-0.15, -0.1) is 0 Å². The molecule has 2 aromatic rings. The Bertz CT molecular complexity index is 614. The second-order valence-corrected chi connectivity index (χ2v) is 7.24. The van der Waals surface area contributed by atoms with E-state index in [0.29, 0.717) is 11.1 Å². The molecule has 0 aromatic heterocycles. The molecule has 0 amide bonds. The predicted octanol–water partition coefficient (Wildman–Crippen LogP) is 4.90. The Kier molecular flexibility index (Phi) is 5.70. The predicted molar refractivity (Wildman–Crippen MR) is 96.4 cm³/mol. The zero-order valence-electron chi connectivity index (χ0n) is 12.3. The normalized spacial score (nSPS) is 13.5. The van der Waals surface area contributed by atoms with Gasteiger partial charge in [-0.3, -0.25) is 9.59 Å². The van der Waals surface area contributed by atoms with Gasteiger partial charge in [0.1, 0.15) is 0 Å². The Morgan fingerprint density at radius 3 is 1.23 bits per heavy atom. The molecular weight excluding hydrogens is 408 g/mol. The number of benzene rings is 2. The van der Waals surface area contributed by atoms with Crippen LogP contribution in [0.3, 0.4) is 0 Å². The third-order valence-electron chi connectivity index (χ3n) is 3.43. The van der Waals surface area contributed by atoms with Gasteiger partial charge in [0.2, 0.25) is 0 Å². The van der Waals surface area contributed by atoms with Crippen molar-refractivity contribution >= 4 is 43.4 Å². The fraction of sp³-hybridized carbons (Fsp3) is 0.222. The molecule has 0 heterocycles. The maximum atomic E-state index is 12.5. The highest BCUT2D eigenvalue weighted by atomic mass is 79.9. The van der Waals surface area contributed by atoms with Gasteiger partial charge in [0.15, 0.2) is 11.6 Å². The summed E-state index contributed by atoms with van der Waals surface area (Å²) in [4.78, 5) is 23.7. The van der Waals surface area contributed by atoms with Gasteiger partial charge in [-0.2, -0.15) is 0 Å². The van der Waals surface area contributed by atoms with E-state index in [4.69, 9.17) is 0 Å². The molecule has 2 nitrogen and oxygen atoms in total. The molecule has 0 spiro atoms. The van der Waals surface area contributed by atoms with E-state index in [1.807, 2.05) is 38.1 Å². The Morgan fingerprint density at radius 1 is 0.682 bits per heavy atom. The number of ketones is 2. The zero-order chi connectivity index (χ0) is 16.3. The second kappa shape index (κ2) is 7.34. The van der Waals surface area contributed by atoms with Crippen LogP contribution in [-0.2, 0) is 0 Å². The van der Waals surface area contributed by atoms with Gasteiger partial charge in [0, 0.05) is 11.1 Å². The van der Waals surface area contributed by atoms with Crippen molar-refractivity contribution in [3.63, 3.8) is 0 Å². The number of carbonyl (C=O) groups excluding carboxylic acids is 2. The number of aryl methyl sites for hydroxylation is 2. The molecule has 114 valence electrons. The van der Waals surface area contributed by atoms with Crippen molar-refractivity contribution in [1.82, 2.24) is 0 Å². The fourth-order valence-electron chi connectivity index (χ4n) is 2.02. The van der Waals surface area contributed by atoms with Crippen LogP contribution < -0.4 is 0 Å². The highest BCUT2D eigenvalue weighted by Crippen LogP contribution is 2.23. The van der Waals surface area contributed by atoms with Crippen LogP contribution >= 0.6 is 31.9 Å². The van der Waals surface area contributed by atoms with Crippen LogP contribution in [0.2, 0.25) is 0 Å². The van der Waals surface area contributed by atoms with Crippen molar-refractivity contribution in [2.45, 2.75) is 23.5 Å². The van der Waals surface area contributed by atoms with Crippen LogP contribution in [0.15, 0.2) is 48.5 Å². The molecule has 0 aliphatic heterocycles. The molecule has 0 saturated carbocycles. The lowest BCUT2D eigenvalue weighted by atomic mass is 10.00. The monoisotopic (exact) mass is 422 g/mol. The van der Waals surface area contributed by atoms with E-state index in [1.165, 1.54) is 0 Å².